The highest BCUT2D eigenvalue weighted by Crippen LogP contribution is 2.26. The van der Waals surface area contributed by atoms with E-state index in [-0.39, 0.29) is 44.5 Å². The lowest BCUT2D eigenvalue weighted by molar-refractivity contribution is -0.292. The molecule has 3 rings (SSSR count). The first-order valence-corrected chi connectivity index (χ1v) is 15.9. The van der Waals surface area contributed by atoms with E-state index in [0.717, 1.165) is 6.42 Å². The number of piperidine rings is 1. The number of unbranched alkanes of at least 4 members (excludes halogenated alkanes) is 2. The maximum Gasteiger partial charge on any atom is 0.303 e. The molecule has 0 aromatic heterocycles. The molecule has 3 aliphatic heterocycles. The van der Waals surface area contributed by atoms with E-state index in [1.807, 2.05) is 0 Å². The summed E-state index contributed by atoms with van der Waals surface area (Å²) in [6.45, 7) is 4.47. The van der Waals surface area contributed by atoms with Gasteiger partial charge in [0.15, 0.2) is 12.6 Å². The average molecular weight is 666 g/mol. The summed E-state index contributed by atoms with van der Waals surface area (Å²) >= 11 is 0. The maximum absolute atomic E-state index is 13.3. The molecule has 2 amide bonds. The highest BCUT2D eigenvalue weighted by atomic mass is 16.7. The topological polar surface area (TPSA) is 257 Å². The molecule has 0 aromatic rings. The van der Waals surface area contributed by atoms with Crippen molar-refractivity contribution in [3.05, 3.63) is 0 Å². The average Bonchev–Trinajstić information content (AvgIpc) is 3.03. The zero-order chi connectivity index (χ0) is 34.0. The van der Waals surface area contributed by atoms with Crippen LogP contribution in [0.3, 0.4) is 0 Å². The fraction of sp³-hybridized carbons (Fsp3) is 0.897. The zero-order valence-electron chi connectivity index (χ0n) is 26.3. The number of rotatable bonds is 16. The summed E-state index contributed by atoms with van der Waals surface area (Å²) in [5.41, 5.74) is 0. The van der Waals surface area contributed by atoms with E-state index in [9.17, 15) is 45.0 Å². The van der Waals surface area contributed by atoms with E-state index in [0.29, 0.717) is 38.9 Å². The van der Waals surface area contributed by atoms with Crippen LogP contribution in [-0.2, 0) is 33.3 Å². The number of carboxylic acid groups (broad SMARTS) is 1. The number of carbonyl (C=O) groups excluding carboxylic acids is 2. The number of carboxylic acids is 1. The molecule has 0 bridgehead atoms. The van der Waals surface area contributed by atoms with Crippen molar-refractivity contribution in [2.24, 2.45) is 11.8 Å². The van der Waals surface area contributed by atoms with Gasteiger partial charge in [0.05, 0.1) is 37.3 Å². The van der Waals surface area contributed by atoms with Crippen molar-refractivity contribution in [3.63, 3.8) is 0 Å². The molecule has 9 N–H and O–H groups in total. The van der Waals surface area contributed by atoms with Gasteiger partial charge in [-0.2, -0.15) is 0 Å². The number of nitrogens with one attached hydrogen (secondary N) is 2. The van der Waals surface area contributed by atoms with Gasteiger partial charge < -0.3 is 70.2 Å². The summed E-state index contributed by atoms with van der Waals surface area (Å²) in [6.07, 6.45) is -9.83. The Morgan fingerprint density at radius 1 is 0.717 bits per heavy atom. The Morgan fingerprint density at radius 3 is 1.72 bits per heavy atom. The number of hydrogen-bond acceptors (Lipinski definition) is 14. The molecule has 3 heterocycles. The van der Waals surface area contributed by atoms with Crippen LogP contribution in [0.25, 0.3) is 0 Å². The SMILES string of the molecule is C[C@@H]1O[C@@H](OCCNC(=O)[C@H]2CN(CCCCCC(=O)O)CC[C@H]2C(=O)NCCO[C@@H]2O[C@@H](C)[C@@H](O)[C@H](O)[C@H]2O)[C@H](O)[C@@H](O)[C@@H]1O. The Kier molecular flexibility index (Phi) is 15.4. The van der Waals surface area contributed by atoms with Gasteiger partial charge in [-0.25, -0.2) is 0 Å². The number of amides is 2. The number of aliphatic hydroxyl groups excluding tert-OH is 6. The van der Waals surface area contributed by atoms with Crippen molar-refractivity contribution < 1.29 is 69.1 Å². The van der Waals surface area contributed by atoms with E-state index >= 15 is 0 Å². The molecular formula is C29H51N3O14. The fourth-order valence-corrected chi connectivity index (χ4v) is 5.85. The molecule has 12 atom stereocenters. The molecule has 0 saturated carbocycles. The van der Waals surface area contributed by atoms with Crippen LogP contribution in [0.1, 0.15) is 46.0 Å². The second-order valence-corrected chi connectivity index (χ2v) is 12.2. The summed E-state index contributed by atoms with van der Waals surface area (Å²) < 4.78 is 21.8. The smallest absolute Gasteiger partial charge is 0.303 e. The standard InChI is InChI=1S/C29H51N3O14/c1-15-20(35)22(37)24(39)28(45-15)43-12-8-30-26(41)17-7-11-32(10-5-3-4-6-19(33)34)14-18(17)27(42)31-9-13-44-29-25(40)23(38)21(36)16(2)46-29/h15-18,20-25,28-29,35-40H,3-14H2,1-2H3,(H,30,41)(H,31,42)(H,33,34)/t15-,16-,17+,18-,20+,21+,22-,23-,24+,25+,28+,29+/m0/s1. The highest BCUT2D eigenvalue weighted by molar-refractivity contribution is 5.88. The quantitative estimate of drug-likeness (QED) is 0.0725. The van der Waals surface area contributed by atoms with E-state index in [4.69, 9.17) is 24.1 Å². The number of hydrogen-bond donors (Lipinski definition) is 9. The van der Waals surface area contributed by atoms with Crippen molar-refractivity contribution in [2.75, 3.05) is 45.9 Å². The lowest BCUT2D eigenvalue weighted by atomic mass is 9.83. The molecule has 0 aliphatic carbocycles. The summed E-state index contributed by atoms with van der Waals surface area (Å²) in [6, 6.07) is 0. The number of ether oxygens (including phenoxy) is 4. The molecule has 0 unspecified atom stereocenters. The fourth-order valence-electron chi connectivity index (χ4n) is 5.85. The molecule has 0 aromatic carbocycles. The molecule has 266 valence electrons. The van der Waals surface area contributed by atoms with Gasteiger partial charge in [-0.15, -0.1) is 0 Å². The largest absolute Gasteiger partial charge is 0.481 e. The van der Waals surface area contributed by atoms with Gasteiger partial charge in [0.25, 0.3) is 0 Å². The van der Waals surface area contributed by atoms with Crippen LogP contribution >= 0.6 is 0 Å². The third kappa shape index (κ3) is 10.7. The molecule has 0 spiro atoms. The molecule has 46 heavy (non-hydrogen) atoms. The van der Waals surface area contributed by atoms with Crippen LogP contribution in [0.4, 0.5) is 0 Å². The van der Waals surface area contributed by atoms with E-state index in [2.05, 4.69) is 15.5 Å². The maximum atomic E-state index is 13.3. The predicted molar refractivity (Wildman–Crippen MR) is 157 cm³/mol. The number of nitrogens with zero attached hydrogens (tertiary/aromatic N) is 1. The molecule has 17 nitrogen and oxygen atoms in total. The van der Waals surface area contributed by atoms with Crippen molar-refractivity contribution in [1.82, 2.24) is 15.5 Å². The van der Waals surface area contributed by atoms with Gasteiger partial charge in [-0.05, 0) is 46.2 Å². The first kappa shape index (κ1) is 38.4. The van der Waals surface area contributed by atoms with Crippen LogP contribution < -0.4 is 10.6 Å². The van der Waals surface area contributed by atoms with Crippen LogP contribution in [0, 0.1) is 11.8 Å². The molecular weight excluding hydrogens is 614 g/mol. The minimum atomic E-state index is -1.48. The number of aliphatic carboxylic acids is 1. The molecule has 17 heteroatoms. The van der Waals surface area contributed by atoms with Crippen LogP contribution in [-0.4, -0.2) is 166 Å². The minimum absolute atomic E-state index is 0.0228. The van der Waals surface area contributed by atoms with E-state index in [1.165, 1.54) is 13.8 Å². The van der Waals surface area contributed by atoms with Crippen LogP contribution in [0.15, 0.2) is 0 Å². The minimum Gasteiger partial charge on any atom is -0.481 e. The Hall–Kier alpha value is -2.03. The highest BCUT2D eigenvalue weighted by Gasteiger charge is 2.44. The van der Waals surface area contributed by atoms with Crippen molar-refractivity contribution in [1.29, 1.82) is 0 Å². The normalized spacial score (nSPS) is 37.0. The van der Waals surface area contributed by atoms with Gasteiger partial charge in [0.1, 0.15) is 36.6 Å². The third-order valence-corrected chi connectivity index (χ3v) is 8.72. The van der Waals surface area contributed by atoms with Gasteiger partial charge in [0.2, 0.25) is 11.8 Å². The van der Waals surface area contributed by atoms with E-state index in [1.54, 1.807) is 0 Å². The molecule has 3 fully saturated rings. The second-order valence-electron chi connectivity index (χ2n) is 12.2. The summed E-state index contributed by atoms with van der Waals surface area (Å²) in [5, 5.41) is 74.2. The van der Waals surface area contributed by atoms with Crippen molar-refractivity contribution in [2.45, 2.75) is 107 Å². The molecule has 3 saturated heterocycles. The number of likely N-dealkylation sites (tertiary alicyclic amines) is 1. The summed E-state index contributed by atoms with van der Waals surface area (Å²) in [5.74, 6) is -2.99. The number of aliphatic hydroxyl groups is 6. The van der Waals surface area contributed by atoms with E-state index < -0.39 is 79.2 Å². The predicted octanol–water partition coefficient (Wildman–Crippen LogP) is -3.51. The number of carbonyl (C=O) groups is 3. The Bertz CT molecular complexity index is 977. The third-order valence-electron chi connectivity index (χ3n) is 8.72. The van der Waals surface area contributed by atoms with Crippen molar-refractivity contribution >= 4 is 17.8 Å². The Labute approximate surface area is 267 Å². The Balaban J connectivity index is 1.50. The molecule has 3 aliphatic rings. The lowest BCUT2D eigenvalue weighted by Gasteiger charge is -2.39. The monoisotopic (exact) mass is 665 g/mol. The zero-order valence-corrected chi connectivity index (χ0v) is 26.3. The van der Waals surface area contributed by atoms with Crippen LogP contribution in [0.5, 0.6) is 0 Å². The van der Waals surface area contributed by atoms with Gasteiger partial charge >= 0.3 is 5.97 Å². The van der Waals surface area contributed by atoms with Gasteiger partial charge in [0, 0.05) is 26.1 Å². The summed E-state index contributed by atoms with van der Waals surface area (Å²) in [4.78, 5) is 39.4. The van der Waals surface area contributed by atoms with Crippen molar-refractivity contribution in [3.8, 4) is 0 Å². The van der Waals surface area contributed by atoms with Gasteiger partial charge in [-0.1, -0.05) is 6.42 Å². The first-order valence-electron chi connectivity index (χ1n) is 15.9. The first-order chi connectivity index (χ1) is 21.8. The van der Waals surface area contributed by atoms with Crippen LogP contribution in [0.2, 0.25) is 0 Å². The second kappa shape index (κ2) is 18.5. The molecule has 0 radical (unpaired) electrons. The van der Waals surface area contributed by atoms with Gasteiger partial charge in [-0.3, -0.25) is 14.4 Å². The lowest BCUT2D eigenvalue weighted by Crippen LogP contribution is -2.57. The Morgan fingerprint density at radius 2 is 1.22 bits per heavy atom. The summed E-state index contributed by atoms with van der Waals surface area (Å²) in [7, 11) is 0.